The Morgan fingerprint density at radius 2 is 1.83 bits per heavy atom. The number of carbonyl (C=O) groups excluding carboxylic acids is 2. The fourth-order valence-corrected chi connectivity index (χ4v) is 1.64. The van der Waals surface area contributed by atoms with E-state index < -0.39 is 17.9 Å². The van der Waals surface area contributed by atoms with Crippen LogP contribution >= 0.6 is 0 Å². The standard InChI is InChI=1S/C12H22N2O4/c1-3-4-5-6-11(16)14(2)9(12(17)18)7-8-10(13)15/h9H,3-8H2,1-2H3,(H2,13,15)(H,17,18)/t9-/m0/s1. The van der Waals surface area contributed by atoms with Crippen molar-refractivity contribution in [3.05, 3.63) is 0 Å². The first kappa shape index (κ1) is 16.4. The molecule has 104 valence electrons. The van der Waals surface area contributed by atoms with Crippen molar-refractivity contribution in [2.45, 2.75) is 51.5 Å². The van der Waals surface area contributed by atoms with Crippen LogP contribution in [0.25, 0.3) is 0 Å². The summed E-state index contributed by atoms with van der Waals surface area (Å²) in [6, 6.07) is -0.980. The number of nitrogens with two attached hydrogens (primary N) is 1. The Morgan fingerprint density at radius 3 is 2.28 bits per heavy atom. The lowest BCUT2D eigenvalue weighted by Gasteiger charge is -2.24. The molecule has 0 aromatic heterocycles. The molecule has 0 saturated carbocycles. The van der Waals surface area contributed by atoms with Gasteiger partial charge in [0.15, 0.2) is 0 Å². The smallest absolute Gasteiger partial charge is 0.326 e. The molecule has 0 aliphatic heterocycles. The Labute approximate surface area is 107 Å². The second kappa shape index (κ2) is 8.49. The quantitative estimate of drug-likeness (QED) is 0.596. The maximum absolute atomic E-state index is 11.8. The number of carboxylic acid groups (broad SMARTS) is 1. The van der Waals surface area contributed by atoms with E-state index in [0.29, 0.717) is 6.42 Å². The number of hydrogen-bond acceptors (Lipinski definition) is 3. The maximum Gasteiger partial charge on any atom is 0.326 e. The van der Waals surface area contributed by atoms with Gasteiger partial charge in [0.05, 0.1) is 0 Å². The van der Waals surface area contributed by atoms with Crippen molar-refractivity contribution in [2.24, 2.45) is 5.73 Å². The topological polar surface area (TPSA) is 101 Å². The highest BCUT2D eigenvalue weighted by Crippen LogP contribution is 2.09. The van der Waals surface area contributed by atoms with Crippen LogP contribution in [-0.4, -0.2) is 40.9 Å². The third-order valence-electron chi connectivity index (χ3n) is 2.80. The number of likely N-dealkylation sites (N-methyl/N-ethyl adjacent to an activating group) is 1. The Bertz CT molecular complexity index is 304. The lowest BCUT2D eigenvalue weighted by atomic mass is 10.1. The second-order valence-corrected chi connectivity index (χ2v) is 4.32. The number of aliphatic carboxylic acids is 1. The van der Waals surface area contributed by atoms with Crippen LogP contribution in [0, 0.1) is 0 Å². The van der Waals surface area contributed by atoms with Crippen LogP contribution in [0.1, 0.15) is 45.4 Å². The third kappa shape index (κ3) is 6.22. The molecule has 0 fully saturated rings. The predicted octanol–water partition coefficient (Wildman–Crippen LogP) is 0.744. The first-order valence-corrected chi connectivity index (χ1v) is 6.16. The Kier molecular flexibility index (Phi) is 7.74. The predicted molar refractivity (Wildman–Crippen MR) is 66.8 cm³/mol. The molecule has 0 radical (unpaired) electrons. The van der Waals surface area contributed by atoms with Crippen molar-refractivity contribution in [2.75, 3.05) is 7.05 Å². The summed E-state index contributed by atoms with van der Waals surface area (Å²) in [5.41, 5.74) is 4.98. The number of primary amides is 1. The highest BCUT2D eigenvalue weighted by Gasteiger charge is 2.26. The van der Waals surface area contributed by atoms with Gasteiger partial charge in [-0.2, -0.15) is 0 Å². The molecule has 0 heterocycles. The van der Waals surface area contributed by atoms with E-state index >= 15 is 0 Å². The van der Waals surface area contributed by atoms with Crippen molar-refractivity contribution in [3.8, 4) is 0 Å². The molecule has 3 N–H and O–H groups in total. The normalized spacial score (nSPS) is 11.9. The summed E-state index contributed by atoms with van der Waals surface area (Å²) in [5.74, 6) is -1.88. The van der Waals surface area contributed by atoms with Crippen LogP contribution < -0.4 is 5.73 Å². The molecule has 0 aromatic carbocycles. The molecule has 0 unspecified atom stereocenters. The largest absolute Gasteiger partial charge is 0.480 e. The van der Waals surface area contributed by atoms with Gasteiger partial charge in [0.2, 0.25) is 11.8 Å². The van der Waals surface area contributed by atoms with E-state index in [1.54, 1.807) is 0 Å². The Morgan fingerprint density at radius 1 is 1.22 bits per heavy atom. The number of hydrogen-bond donors (Lipinski definition) is 2. The summed E-state index contributed by atoms with van der Waals surface area (Å²) < 4.78 is 0. The fourth-order valence-electron chi connectivity index (χ4n) is 1.64. The lowest BCUT2D eigenvalue weighted by molar-refractivity contribution is -0.149. The van der Waals surface area contributed by atoms with Gasteiger partial charge in [0, 0.05) is 19.9 Å². The number of carbonyl (C=O) groups is 3. The minimum absolute atomic E-state index is 0.0381. The summed E-state index contributed by atoms with van der Waals surface area (Å²) in [6.07, 6.45) is 3.05. The molecule has 0 bridgehead atoms. The minimum Gasteiger partial charge on any atom is -0.480 e. The van der Waals surface area contributed by atoms with E-state index in [1.165, 1.54) is 11.9 Å². The zero-order valence-electron chi connectivity index (χ0n) is 11.0. The summed E-state index contributed by atoms with van der Waals surface area (Å²) in [6.45, 7) is 2.03. The Hall–Kier alpha value is -1.59. The van der Waals surface area contributed by atoms with Crippen LogP contribution in [0.15, 0.2) is 0 Å². The first-order valence-electron chi connectivity index (χ1n) is 6.16. The lowest BCUT2D eigenvalue weighted by Crippen LogP contribution is -2.42. The van der Waals surface area contributed by atoms with Crippen molar-refractivity contribution < 1.29 is 19.5 Å². The van der Waals surface area contributed by atoms with Crippen LogP contribution in [0.5, 0.6) is 0 Å². The molecular weight excluding hydrogens is 236 g/mol. The van der Waals surface area contributed by atoms with Crippen LogP contribution in [0.2, 0.25) is 0 Å². The average molecular weight is 258 g/mol. The fraction of sp³-hybridized carbons (Fsp3) is 0.750. The van der Waals surface area contributed by atoms with E-state index in [0.717, 1.165) is 19.3 Å². The van der Waals surface area contributed by atoms with E-state index in [9.17, 15) is 14.4 Å². The molecule has 0 aliphatic rings. The van der Waals surface area contributed by atoms with Crippen LogP contribution in [-0.2, 0) is 14.4 Å². The molecule has 0 saturated heterocycles. The molecule has 1 atom stereocenters. The number of amides is 2. The zero-order valence-corrected chi connectivity index (χ0v) is 11.0. The zero-order chi connectivity index (χ0) is 14.1. The molecular formula is C12H22N2O4. The van der Waals surface area contributed by atoms with Crippen molar-refractivity contribution in [1.82, 2.24) is 4.90 Å². The minimum atomic E-state index is -1.11. The highest BCUT2D eigenvalue weighted by atomic mass is 16.4. The van der Waals surface area contributed by atoms with Crippen LogP contribution in [0.3, 0.4) is 0 Å². The van der Waals surface area contributed by atoms with Gasteiger partial charge < -0.3 is 15.7 Å². The van der Waals surface area contributed by atoms with Crippen LogP contribution in [0.4, 0.5) is 0 Å². The van der Waals surface area contributed by atoms with Crippen molar-refractivity contribution in [3.63, 3.8) is 0 Å². The van der Waals surface area contributed by atoms with Gasteiger partial charge in [-0.1, -0.05) is 19.8 Å². The molecule has 0 aliphatic carbocycles. The number of nitrogens with zero attached hydrogens (tertiary/aromatic N) is 1. The molecule has 0 spiro atoms. The number of carboxylic acids is 1. The number of rotatable bonds is 9. The molecule has 0 aromatic rings. The van der Waals surface area contributed by atoms with E-state index in [-0.39, 0.29) is 18.7 Å². The number of unbranched alkanes of at least 4 members (excludes halogenated alkanes) is 2. The van der Waals surface area contributed by atoms with Crippen molar-refractivity contribution in [1.29, 1.82) is 0 Å². The molecule has 6 heteroatoms. The molecule has 6 nitrogen and oxygen atoms in total. The van der Waals surface area contributed by atoms with Gasteiger partial charge in [-0.15, -0.1) is 0 Å². The van der Waals surface area contributed by atoms with Crippen molar-refractivity contribution >= 4 is 17.8 Å². The average Bonchev–Trinajstić information content (AvgIpc) is 2.28. The molecule has 18 heavy (non-hydrogen) atoms. The van der Waals surface area contributed by atoms with Gasteiger partial charge in [-0.25, -0.2) is 4.79 Å². The third-order valence-corrected chi connectivity index (χ3v) is 2.80. The monoisotopic (exact) mass is 258 g/mol. The summed E-state index contributed by atoms with van der Waals surface area (Å²) in [5, 5.41) is 9.03. The van der Waals surface area contributed by atoms with E-state index in [4.69, 9.17) is 10.8 Å². The molecule has 0 rings (SSSR count). The van der Waals surface area contributed by atoms with Gasteiger partial charge in [0.25, 0.3) is 0 Å². The van der Waals surface area contributed by atoms with E-state index in [1.807, 2.05) is 6.92 Å². The van der Waals surface area contributed by atoms with E-state index in [2.05, 4.69) is 0 Å². The maximum atomic E-state index is 11.8. The molecule has 2 amide bonds. The highest BCUT2D eigenvalue weighted by molar-refractivity contribution is 5.84. The summed E-state index contributed by atoms with van der Waals surface area (Å²) in [4.78, 5) is 34.6. The van der Waals surface area contributed by atoms with Gasteiger partial charge >= 0.3 is 5.97 Å². The van der Waals surface area contributed by atoms with Gasteiger partial charge in [0.1, 0.15) is 6.04 Å². The summed E-state index contributed by atoms with van der Waals surface area (Å²) >= 11 is 0. The summed E-state index contributed by atoms with van der Waals surface area (Å²) in [7, 11) is 1.45. The first-order chi connectivity index (χ1) is 8.40. The van der Waals surface area contributed by atoms with Gasteiger partial charge in [-0.05, 0) is 12.8 Å². The Balaban J connectivity index is 4.36. The van der Waals surface area contributed by atoms with Gasteiger partial charge in [-0.3, -0.25) is 9.59 Å². The second-order valence-electron chi connectivity index (χ2n) is 4.32. The SMILES string of the molecule is CCCCCC(=O)N(C)[C@@H](CCC(N)=O)C(=O)O.